The number of allylic oxidation sites excluding steroid dienone is 1. The molecule has 0 unspecified atom stereocenters. The molecule has 0 aliphatic rings. The van der Waals surface area contributed by atoms with Crippen LogP contribution in [0.4, 0.5) is 5.69 Å². The standard InChI is InChI=1S/C11H13NS/c1-7(2)11-8(3)9(12-4)5-6-10(11)13/h5-6,13H,1,4H2,2-3H3. The molecule has 13 heavy (non-hydrogen) atoms. The first-order valence-corrected chi connectivity index (χ1v) is 4.47. The Morgan fingerprint density at radius 2 is 2.08 bits per heavy atom. The third-order valence-corrected chi connectivity index (χ3v) is 2.38. The third-order valence-electron chi connectivity index (χ3n) is 2.01. The van der Waals surface area contributed by atoms with E-state index in [0.717, 1.165) is 27.3 Å². The zero-order valence-corrected chi connectivity index (χ0v) is 8.86. The van der Waals surface area contributed by atoms with Crippen molar-refractivity contribution in [3.63, 3.8) is 0 Å². The molecule has 0 amide bonds. The van der Waals surface area contributed by atoms with Gasteiger partial charge in [-0.1, -0.05) is 6.58 Å². The first-order valence-electron chi connectivity index (χ1n) is 4.03. The van der Waals surface area contributed by atoms with Crippen LogP contribution in [-0.2, 0) is 0 Å². The predicted octanol–water partition coefficient (Wildman–Crippen LogP) is 3.65. The third kappa shape index (κ3) is 1.83. The molecular weight excluding hydrogens is 178 g/mol. The van der Waals surface area contributed by atoms with E-state index in [-0.39, 0.29) is 0 Å². The van der Waals surface area contributed by atoms with Gasteiger partial charge >= 0.3 is 0 Å². The number of hydrogen-bond donors (Lipinski definition) is 1. The summed E-state index contributed by atoms with van der Waals surface area (Å²) in [6, 6.07) is 3.83. The lowest BCUT2D eigenvalue weighted by atomic mass is 10.0. The molecule has 0 atom stereocenters. The van der Waals surface area contributed by atoms with Gasteiger partial charge in [0.1, 0.15) is 0 Å². The average Bonchev–Trinajstić information content (AvgIpc) is 2.04. The number of nitrogens with zero attached hydrogens (tertiary/aromatic N) is 1. The molecule has 1 rings (SSSR count). The highest BCUT2D eigenvalue weighted by Gasteiger charge is 2.06. The Morgan fingerprint density at radius 3 is 2.54 bits per heavy atom. The maximum atomic E-state index is 4.37. The van der Waals surface area contributed by atoms with Gasteiger partial charge in [-0.2, -0.15) is 0 Å². The van der Waals surface area contributed by atoms with E-state index in [2.05, 4.69) is 30.9 Å². The maximum absolute atomic E-state index is 4.37. The molecule has 0 aliphatic heterocycles. The smallest absolute Gasteiger partial charge is 0.0658 e. The van der Waals surface area contributed by atoms with E-state index >= 15 is 0 Å². The van der Waals surface area contributed by atoms with E-state index in [1.54, 1.807) is 0 Å². The Kier molecular flexibility index (Phi) is 2.94. The molecule has 0 aliphatic carbocycles. The minimum Gasteiger partial charge on any atom is -0.264 e. The molecule has 1 nitrogen and oxygen atoms in total. The highest BCUT2D eigenvalue weighted by molar-refractivity contribution is 7.80. The van der Waals surface area contributed by atoms with Gasteiger partial charge in [0.15, 0.2) is 0 Å². The van der Waals surface area contributed by atoms with Gasteiger partial charge in [0.2, 0.25) is 0 Å². The molecule has 1 aromatic rings. The maximum Gasteiger partial charge on any atom is 0.0658 e. The van der Waals surface area contributed by atoms with Crippen LogP contribution in [0.15, 0.2) is 28.6 Å². The Balaban J connectivity index is 3.47. The Morgan fingerprint density at radius 1 is 1.46 bits per heavy atom. The summed E-state index contributed by atoms with van der Waals surface area (Å²) in [7, 11) is 0. The van der Waals surface area contributed by atoms with Crippen molar-refractivity contribution in [2.24, 2.45) is 4.99 Å². The Hall–Kier alpha value is -1.02. The van der Waals surface area contributed by atoms with Gasteiger partial charge < -0.3 is 0 Å². The highest BCUT2D eigenvalue weighted by Crippen LogP contribution is 2.31. The predicted molar refractivity (Wildman–Crippen MR) is 62.3 cm³/mol. The quantitative estimate of drug-likeness (QED) is 0.541. The second-order valence-corrected chi connectivity index (χ2v) is 3.52. The summed E-state index contributed by atoms with van der Waals surface area (Å²) in [5.41, 5.74) is 4.08. The number of thiol groups is 1. The van der Waals surface area contributed by atoms with Crippen molar-refractivity contribution in [2.75, 3.05) is 0 Å². The highest BCUT2D eigenvalue weighted by atomic mass is 32.1. The molecule has 0 N–H and O–H groups in total. The Labute approximate surface area is 84.6 Å². The lowest BCUT2D eigenvalue weighted by Gasteiger charge is -2.10. The van der Waals surface area contributed by atoms with Gasteiger partial charge in [0.05, 0.1) is 5.69 Å². The van der Waals surface area contributed by atoms with E-state index in [9.17, 15) is 0 Å². The van der Waals surface area contributed by atoms with Crippen molar-refractivity contribution in [1.82, 2.24) is 0 Å². The van der Waals surface area contributed by atoms with Crippen molar-refractivity contribution >= 4 is 30.6 Å². The molecule has 0 heterocycles. The fourth-order valence-electron chi connectivity index (χ4n) is 1.40. The van der Waals surface area contributed by atoms with E-state index in [0.29, 0.717) is 0 Å². The van der Waals surface area contributed by atoms with E-state index in [4.69, 9.17) is 0 Å². The van der Waals surface area contributed by atoms with Gasteiger partial charge in [-0.15, -0.1) is 12.6 Å². The minimum atomic E-state index is 0.899. The minimum absolute atomic E-state index is 0.899. The summed E-state index contributed by atoms with van der Waals surface area (Å²) < 4.78 is 0. The Bertz CT molecular complexity index is 367. The van der Waals surface area contributed by atoms with Crippen molar-refractivity contribution in [2.45, 2.75) is 18.7 Å². The van der Waals surface area contributed by atoms with Crippen LogP contribution in [0.2, 0.25) is 0 Å². The van der Waals surface area contributed by atoms with E-state index in [1.165, 1.54) is 0 Å². The molecular formula is C11H13NS. The van der Waals surface area contributed by atoms with Crippen LogP contribution in [0.3, 0.4) is 0 Å². The average molecular weight is 191 g/mol. The van der Waals surface area contributed by atoms with Crippen LogP contribution >= 0.6 is 12.6 Å². The number of aliphatic imine (C=N–C) groups is 1. The van der Waals surface area contributed by atoms with Gasteiger partial charge in [-0.3, -0.25) is 4.99 Å². The molecule has 68 valence electrons. The van der Waals surface area contributed by atoms with Crippen LogP contribution in [0, 0.1) is 6.92 Å². The monoisotopic (exact) mass is 191 g/mol. The van der Waals surface area contributed by atoms with Gasteiger partial charge in [0, 0.05) is 4.90 Å². The zero-order valence-electron chi connectivity index (χ0n) is 7.96. The van der Waals surface area contributed by atoms with E-state index < -0.39 is 0 Å². The summed E-state index contributed by atoms with van der Waals surface area (Å²) in [6.07, 6.45) is 0. The number of benzene rings is 1. The largest absolute Gasteiger partial charge is 0.264 e. The summed E-state index contributed by atoms with van der Waals surface area (Å²) in [5.74, 6) is 0. The summed E-state index contributed by atoms with van der Waals surface area (Å²) >= 11 is 4.37. The lowest BCUT2D eigenvalue weighted by molar-refractivity contribution is 1.29. The molecule has 0 bridgehead atoms. The van der Waals surface area contributed by atoms with Gasteiger partial charge in [0.25, 0.3) is 0 Å². The number of rotatable bonds is 2. The van der Waals surface area contributed by atoms with Gasteiger partial charge in [-0.25, -0.2) is 0 Å². The SMILES string of the molecule is C=Nc1ccc(S)c(C(=C)C)c1C. The topological polar surface area (TPSA) is 12.4 Å². The van der Waals surface area contributed by atoms with Crippen LogP contribution in [0.25, 0.3) is 5.57 Å². The van der Waals surface area contributed by atoms with Crippen molar-refractivity contribution in [3.05, 3.63) is 29.8 Å². The fourth-order valence-corrected chi connectivity index (χ4v) is 1.83. The molecule has 0 aromatic heterocycles. The van der Waals surface area contributed by atoms with Crippen LogP contribution in [-0.4, -0.2) is 6.72 Å². The molecule has 2 heteroatoms. The molecule has 0 saturated heterocycles. The first-order chi connectivity index (χ1) is 6.07. The van der Waals surface area contributed by atoms with Crippen LogP contribution in [0.5, 0.6) is 0 Å². The lowest BCUT2D eigenvalue weighted by Crippen LogP contribution is -1.87. The number of hydrogen-bond acceptors (Lipinski definition) is 2. The first kappa shape index (κ1) is 10.1. The molecule has 0 radical (unpaired) electrons. The second-order valence-electron chi connectivity index (χ2n) is 3.04. The van der Waals surface area contributed by atoms with Gasteiger partial charge in [-0.05, 0) is 49.4 Å². The summed E-state index contributed by atoms with van der Waals surface area (Å²) in [5, 5.41) is 0. The molecule has 1 aromatic carbocycles. The van der Waals surface area contributed by atoms with Crippen molar-refractivity contribution in [1.29, 1.82) is 0 Å². The zero-order chi connectivity index (χ0) is 10.0. The van der Waals surface area contributed by atoms with Crippen LogP contribution in [0.1, 0.15) is 18.1 Å². The van der Waals surface area contributed by atoms with E-state index in [1.807, 2.05) is 26.0 Å². The van der Waals surface area contributed by atoms with Crippen molar-refractivity contribution in [3.8, 4) is 0 Å². The molecule has 0 saturated carbocycles. The van der Waals surface area contributed by atoms with Crippen LogP contribution < -0.4 is 0 Å². The van der Waals surface area contributed by atoms with Crippen molar-refractivity contribution < 1.29 is 0 Å². The summed E-state index contributed by atoms with van der Waals surface area (Å²) in [6.45, 7) is 11.4. The normalized spacial score (nSPS) is 9.77. The molecule has 0 fully saturated rings. The fraction of sp³-hybridized carbons (Fsp3) is 0.182. The summed E-state index contributed by atoms with van der Waals surface area (Å²) in [4.78, 5) is 4.87. The molecule has 0 spiro atoms. The second kappa shape index (κ2) is 3.79.